The van der Waals surface area contributed by atoms with E-state index in [-0.39, 0.29) is 95.7 Å². The minimum Gasteiger partial charge on any atom is -0.264 e. The lowest BCUT2D eigenvalue weighted by Crippen LogP contribution is -2.24. The van der Waals surface area contributed by atoms with Crippen molar-refractivity contribution in [1.29, 1.82) is 0 Å². The Hall–Kier alpha value is -5.77. The van der Waals surface area contributed by atoms with E-state index in [1.165, 1.54) is 18.1 Å². The number of rotatable bonds is 4. The summed E-state index contributed by atoms with van der Waals surface area (Å²) in [5, 5.41) is -0.807. The molecule has 2 unspecified atom stereocenters. The molecule has 0 radical (unpaired) electrons. The Balaban J connectivity index is 1.03. The van der Waals surface area contributed by atoms with Crippen molar-refractivity contribution in [2.24, 2.45) is 9.98 Å². The van der Waals surface area contributed by atoms with Crippen LogP contribution in [0.3, 0.4) is 0 Å². The van der Waals surface area contributed by atoms with Crippen molar-refractivity contribution < 1.29 is 30.2 Å². The highest BCUT2D eigenvalue weighted by molar-refractivity contribution is 8.01. The number of aliphatic imine (C=N–C) groups is 2. The van der Waals surface area contributed by atoms with Crippen LogP contribution in [0.5, 0.6) is 0 Å². The molecule has 2 atom stereocenters. The molecule has 7 aromatic rings. The van der Waals surface area contributed by atoms with Crippen LogP contribution in [0.25, 0.3) is 55.6 Å². The van der Waals surface area contributed by atoms with Gasteiger partial charge in [0, 0.05) is 15.7 Å². The van der Waals surface area contributed by atoms with E-state index in [0.717, 1.165) is 0 Å². The van der Waals surface area contributed by atoms with Crippen LogP contribution in [0.1, 0.15) is 97.3 Å². The van der Waals surface area contributed by atoms with Gasteiger partial charge in [-0.2, -0.15) is 0 Å². The normalized spacial score (nSPS) is 24.4. The van der Waals surface area contributed by atoms with E-state index < -0.39 is 149 Å². The van der Waals surface area contributed by atoms with Gasteiger partial charge in [-0.15, -0.1) is 11.8 Å². The van der Waals surface area contributed by atoms with Gasteiger partial charge in [-0.25, -0.2) is 4.99 Å². The number of hydrogen-bond acceptors (Lipinski definition) is 3. The van der Waals surface area contributed by atoms with E-state index in [1.54, 1.807) is 45.9 Å². The fourth-order valence-electron chi connectivity index (χ4n) is 7.99. The van der Waals surface area contributed by atoms with Gasteiger partial charge >= 0.3 is 0 Å². The maximum Gasteiger partial charge on any atom is 0.111 e. The van der Waals surface area contributed by atoms with E-state index in [4.69, 9.17) is 17.8 Å². The topological polar surface area (TPSA) is 24.7 Å². The number of thioether (sulfide) groups is 1. The van der Waals surface area contributed by atoms with Gasteiger partial charge in [0.05, 0.1) is 47.2 Å². The largest absolute Gasteiger partial charge is 0.264 e. The number of hydrogen-bond donors (Lipinski definition) is 0. The molecule has 264 valence electrons. The van der Waals surface area contributed by atoms with Crippen molar-refractivity contribution in [1.82, 2.24) is 0 Å². The maximum absolute atomic E-state index is 9.68. The molecular formula is C52H40N2S. The second kappa shape index (κ2) is 11.9. The summed E-state index contributed by atoms with van der Waals surface area (Å²) in [5.74, 6) is 0. The van der Waals surface area contributed by atoms with Crippen molar-refractivity contribution in [3.05, 3.63) is 185 Å². The van der Waals surface area contributed by atoms with E-state index >= 15 is 0 Å². The van der Waals surface area contributed by atoms with Gasteiger partial charge in [-0.3, -0.25) is 4.99 Å². The SMILES string of the molecule is [2H]c1c([2H])c(C2=NC=NC3c4cc(-c5c([2H])c([2H])c([2H])c(-c6c([2H])c([2H])c7c(c6[2H])C(C)(C)c6c([2H])c([2H])c([2H])c([2H])c6-7)c5[2H])ccc4SC23)c([2H])c(-c2c([2H])c([2H])c3c(c2[2H])C(C)(C)c2c([2H])c([2H])c([2H])c([2H])c2-3)c1[2H]. The molecule has 0 N–H and O–H groups in total. The molecule has 2 aliphatic heterocycles. The third kappa shape index (κ3) is 4.89. The first-order chi connectivity index (χ1) is 36.0. The first-order valence-electron chi connectivity index (χ1n) is 28.6. The predicted octanol–water partition coefficient (Wildman–Crippen LogP) is 13.3. The summed E-state index contributed by atoms with van der Waals surface area (Å²) in [6.45, 7) is 6.51. The molecule has 0 saturated heterocycles. The third-order valence-corrected chi connectivity index (χ3v) is 12.2. The Kier molecular flexibility index (Phi) is 3.74. The van der Waals surface area contributed by atoms with Crippen LogP contribution in [0, 0.1) is 0 Å². The van der Waals surface area contributed by atoms with Gasteiger partial charge in [0.25, 0.3) is 0 Å². The molecule has 0 spiro atoms. The molecule has 11 rings (SSSR count). The first-order valence-corrected chi connectivity index (χ1v) is 18.5. The average molecular weight is 747 g/mol. The summed E-state index contributed by atoms with van der Waals surface area (Å²) < 4.78 is 199. The van der Waals surface area contributed by atoms with Crippen LogP contribution in [0.4, 0.5) is 0 Å². The second-order valence-corrected chi connectivity index (χ2v) is 15.9. The Bertz CT molecular complexity index is 4070. The summed E-state index contributed by atoms with van der Waals surface area (Å²) in [6.07, 6.45) is 1.21. The predicted molar refractivity (Wildman–Crippen MR) is 232 cm³/mol. The smallest absolute Gasteiger partial charge is 0.111 e. The van der Waals surface area contributed by atoms with E-state index in [1.807, 2.05) is 0 Å². The fraction of sp³-hybridized carbons (Fsp3) is 0.154. The van der Waals surface area contributed by atoms with Gasteiger partial charge in [0.2, 0.25) is 0 Å². The number of benzene rings is 7. The number of nitrogens with zero attached hydrogens (tertiary/aromatic N) is 2. The lowest BCUT2D eigenvalue weighted by Gasteiger charge is -2.23. The van der Waals surface area contributed by atoms with E-state index in [9.17, 15) is 12.3 Å². The molecule has 7 aromatic carbocycles. The van der Waals surface area contributed by atoms with Gasteiger partial charge < -0.3 is 0 Å². The minimum atomic E-state index is -1.32. The van der Waals surface area contributed by atoms with Crippen molar-refractivity contribution >= 4 is 23.8 Å². The molecule has 2 nitrogen and oxygen atoms in total. The number of fused-ring (bicyclic) bond motifs is 9. The summed E-state index contributed by atoms with van der Waals surface area (Å²) in [5.41, 5.74) is -3.40. The monoisotopic (exact) mass is 746 g/mol. The average Bonchev–Trinajstić information content (AvgIpc) is 3.96. The molecule has 4 aliphatic rings. The molecule has 0 fully saturated rings. The molecule has 2 aliphatic carbocycles. The summed E-state index contributed by atoms with van der Waals surface area (Å²) >= 11 is 1.24. The van der Waals surface area contributed by atoms with E-state index in [0.29, 0.717) is 10.5 Å². The standard InChI is InChI=1S/C52H40N2S/c1-51(2)43-17-7-5-15-38(43)40-22-19-35(28-45(40)51)32-12-9-11-31(25-32)34-21-24-47-42(27-34)49-50(55-47)48(53-30-54-49)37-14-10-13-33(26-37)36-20-23-41-39-16-6-8-18-44(39)52(3,4)46(41)29-36/h5-30,49-50H,1-4H3/i5D,6D,7D,8D,9D,10D,11D,12D,13D,14D,15D,16D,17D,18D,19D,20D,22D,23D,25D,26D,28D,29D. The zero-order valence-corrected chi connectivity index (χ0v) is 30.6. The van der Waals surface area contributed by atoms with Crippen molar-refractivity contribution in [3.8, 4) is 55.6 Å². The molecule has 55 heavy (non-hydrogen) atoms. The van der Waals surface area contributed by atoms with Crippen LogP contribution in [-0.4, -0.2) is 17.3 Å². The van der Waals surface area contributed by atoms with Crippen molar-refractivity contribution in [2.75, 3.05) is 0 Å². The Morgan fingerprint density at radius 3 is 1.64 bits per heavy atom. The Morgan fingerprint density at radius 1 is 0.509 bits per heavy atom. The highest BCUT2D eigenvalue weighted by Crippen LogP contribution is 2.52. The zero-order valence-electron chi connectivity index (χ0n) is 51.8. The van der Waals surface area contributed by atoms with Crippen molar-refractivity contribution in [3.63, 3.8) is 0 Å². The van der Waals surface area contributed by atoms with Gasteiger partial charge in [0.15, 0.2) is 0 Å². The highest BCUT2D eigenvalue weighted by Gasteiger charge is 2.40. The summed E-state index contributed by atoms with van der Waals surface area (Å²) in [6, 6.07) is -7.57. The van der Waals surface area contributed by atoms with Gasteiger partial charge in [-0.05, 0) is 125 Å². The molecule has 3 heteroatoms. The highest BCUT2D eigenvalue weighted by atomic mass is 32.2. The third-order valence-electron chi connectivity index (χ3n) is 10.9. The molecular weight excluding hydrogens is 685 g/mol. The van der Waals surface area contributed by atoms with Crippen LogP contribution < -0.4 is 0 Å². The molecule has 0 aromatic heterocycles. The van der Waals surface area contributed by atoms with Crippen molar-refractivity contribution in [2.45, 2.75) is 54.7 Å². The van der Waals surface area contributed by atoms with Crippen LogP contribution in [-0.2, 0) is 10.8 Å². The lowest BCUT2D eigenvalue weighted by molar-refractivity contribution is 0.660. The fourth-order valence-corrected chi connectivity index (χ4v) is 9.36. The molecule has 0 saturated carbocycles. The quantitative estimate of drug-likeness (QED) is 0.176. The first kappa shape index (κ1) is 17.4. The minimum absolute atomic E-state index is 0.0139. The van der Waals surface area contributed by atoms with Crippen LogP contribution in [0.15, 0.2) is 166 Å². The summed E-state index contributed by atoms with van der Waals surface area (Å²) in [4.78, 5) is 9.82. The van der Waals surface area contributed by atoms with Crippen LogP contribution >= 0.6 is 11.8 Å². The Morgan fingerprint density at radius 2 is 1.02 bits per heavy atom. The molecule has 0 amide bonds. The second-order valence-electron chi connectivity index (χ2n) is 14.8. The maximum atomic E-state index is 9.68. The zero-order chi connectivity index (χ0) is 56.2. The Labute approximate surface area is 358 Å². The molecule has 0 bridgehead atoms. The van der Waals surface area contributed by atoms with E-state index in [2.05, 4.69) is 9.98 Å². The lowest BCUT2D eigenvalue weighted by atomic mass is 9.81. The van der Waals surface area contributed by atoms with Crippen LogP contribution in [0.2, 0.25) is 0 Å². The van der Waals surface area contributed by atoms with Gasteiger partial charge in [-0.1, -0.05) is 143 Å². The van der Waals surface area contributed by atoms with Gasteiger partial charge in [0.1, 0.15) is 6.34 Å². The molecule has 2 heterocycles. The summed E-state index contributed by atoms with van der Waals surface area (Å²) in [7, 11) is 0.